The number of aromatic amines is 1. The van der Waals surface area contributed by atoms with Gasteiger partial charge in [0.05, 0.1) is 6.07 Å². The first-order valence-corrected chi connectivity index (χ1v) is 3.13. The van der Waals surface area contributed by atoms with Crippen molar-refractivity contribution in [2.24, 2.45) is 0 Å². The number of hydrogen-bond acceptors (Lipinski definition) is 2. The normalized spacial score (nSPS) is 8.64. The van der Waals surface area contributed by atoms with E-state index in [1.807, 2.05) is 0 Å². The number of nitrogens with zero attached hydrogens (tertiary/aromatic N) is 1. The third kappa shape index (κ3) is 2.14. The molecular weight excluding hydrogens is 142 g/mol. The van der Waals surface area contributed by atoms with Crippen molar-refractivity contribution in [2.75, 3.05) is 5.32 Å². The molecule has 0 saturated heterocycles. The molecule has 0 saturated carbocycles. The molecule has 1 rings (SSSR count). The summed E-state index contributed by atoms with van der Waals surface area (Å²) in [5.74, 6) is 0.320. The van der Waals surface area contributed by atoms with Crippen LogP contribution in [0.2, 0.25) is 0 Å². The second kappa shape index (κ2) is 3.42. The largest absolute Gasteiger partial charge is 0.348 e. The van der Waals surface area contributed by atoms with Crippen molar-refractivity contribution in [1.82, 2.24) is 4.98 Å². The lowest BCUT2D eigenvalue weighted by Crippen LogP contribution is -2.09. The molecule has 1 amide bonds. The van der Waals surface area contributed by atoms with Crippen LogP contribution in [0.3, 0.4) is 0 Å². The summed E-state index contributed by atoms with van der Waals surface area (Å²) in [4.78, 5) is 13.5. The van der Waals surface area contributed by atoms with E-state index in [0.29, 0.717) is 5.82 Å². The van der Waals surface area contributed by atoms with Gasteiger partial charge in [-0.1, -0.05) is 0 Å². The van der Waals surface area contributed by atoms with Crippen LogP contribution in [-0.4, -0.2) is 10.9 Å². The van der Waals surface area contributed by atoms with Crippen LogP contribution in [0.15, 0.2) is 18.3 Å². The van der Waals surface area contributed by atoms with E-state index in [2.05, 4.69) is 10.3 Å². The van der Waals surface area contributed by atoms with Crippen molar-refractivity contribution >= 4 is 11.7 Å². The van der Waals surface area contributed by atoms with Gasteiger partial charge in [0.15, 0.2) is 0 Å². The quantitative estimate of drug-likeness (QED) is 0.655. The van der Waals surface area contributed by atoms with Crippen molar-refractivity contribution in [2.45, 2.75) is 6.42 Å². The molecule has 0 spiro atoms. The molecule has 56 valence electrons. The summed E-state index contributed by atoms with van der Waals surface area (Å²) in [7, 11) is 0. The Labute approximate surface area is 63.8 Å². The van der Waals surface area contributed by atoms with Crippen LogP contribution < -0.4 is 5.32 Å². The van der Waals surface area contributed by atoms with E-state index < -0.39 is 0 Å². The van der Waals surface area contributed by atoms with Crippen LogP contribution in [0, 0.1) is 11.3 Å². The molecule has 0 aliphatic carbocycles. The predicted molar refractivity (Wildman–Crippen MR) is 39.7 cm³/mol. The molecule has 0 unspecified atom stereocenters. The van der Waals surface area contributed by atoms with Crippen molar-refractivity contribution < 1.29 is 4.79 Å². The van der Waals surface area contributed by atoms with Gasteiger partial charge in [-0.05, 0) is 12.1 Å². The molecule has 4 nitrogen and oxygen atoms in total. The molecule has 0 aliphatic heterocycles. The topological polar surface area (TPSA) is 68.7 Å². The second-order valence-electron chi connectivity index (χ2n) is 1.97. The van der Waals surface area contributed by atoms with Gasteiger partial charge >= 0.3 is 0 Å². The number of carbonyl (C=O) groups is 1. The Hall–Kier alpha value is -1.76. The maximum absolute atomic E-state index is 10.8. The molecular formula is C7H7N3O. The first-order valence-electron chi connectivity index (χ1n) is 3.13. The van der Waals surface area contributed by atoms with Gasteiger partial charge in [0.2, 0.25) is 5.91 Å². The van der Waals surface area contributed by atoms with Gasteiger partial charge in [0, 0.05) is 6.20 Å². The number of nitriles is 1. The van der Waals surface area contributed by atoms with E-state index in [4.69, 9.17) is 5.26 Å². The van der Waals surface area contributed by atoms with Gasteiger partial charge in [-0.15, -0.1) is 0 Å². The molecule has 1 aromatic rings. The molecule has 2 N–H and O–H groups in total. The predicted octanol–water partition coefficient (Wildman–Crippen LogP) is 0.867. The van der Waals surface area contributed by atoms with Crippen LogP contribution in [0.25, 0.3) is 0 Å². The van der Waals surface area contributed by atoms with E-state index >= 15 is 0 Å². The molecule has 0 bridgehead atoms. The van der Waals surface area contributed by atoms with Crippen LogP contribution >= 0.6 is 0 Å². The molecule has 0 fully saturated rings. The smallest absolute Gasteiger partial charge is 0.239 e. The third-order valence-electron chi connectivity index (χ3n) is 1.11. The number of rotatable bonds is 2. The van der Waals surface area contributed by atoms with Crippen LogP contribution in [0.1, 0.15) is 6.42 Å². The fourth-order valence-corrected chi connectivity index (χ4v) is 0.674. The van der Waals surface area contributed by atoms with Crippen molar-refractivity contribution in [3.05, 3.63) is 18.3 Å². The van der Waals surface area contributed by atoms with Gasteiger partial charge in [-0.25, -0.2) is 0 Å². The zero-order valence-electron chi connectivity index (χ0n) is 5.79. The van der Waals surface area contributed by atoms with Gasteiger partial charge < -0.3 is 10.3 Å². The summed E-state index contributed by atoms with van der Waals surface area (Å²) in [6, 6.07) is 5.24. The molecule has 1 aromatic heterocycles. The lowest BCUT2D eigenvalue weighted by Gasteiger charge is -1.96. The zero-order chi connectivity index (χ0) is 8.10. The Morgan fingerprint density at radius 2 is 2.64 bits per heavy atom. The number of carbonyl (C=O) groups excluding carboxylic acids is 1. The molecule has 0 aliphatic rings. The Morgan fingerprint density at radius 3 is 3.18 bits per heavy atom. The highest BCUT2D eigenvalue weighted by molar-refractivity contribution is 5.91. The maximum Gasteiger partial charge on any atom is 0.239 e. The van der Waals surface area contributed by atoms with E-state index in [1.165, 1.54) is 0 Å². The monoisotopic (exact) mass is 149 g/mol. The number of aromatic nitrogens is 1. The Balaban J connectivity index is 2.45. The Kier molecular flexibility index (Phi) is 2.28. The maximum atomic E-state index is 10.8. The van der Waals surface area contributed by atoms with Crippen molar-refractivity contribution in [1.29, 1.82) is 5.26 Å². The highest BCUT2D eigenvalue weighted by atomic mass is 16.1. The molecule has 0 aromatic carbocycles. The standard InChI is InChI=1S/C7H7N3O/c8-4-3-7(11)10-6-2-1-5-9-6/h1-2,5,9H,3H2,(H,10,11). The summed E-state index contributed by atoms with van der Waals surface area (Å²) in [6.45, 7) is 0. The van der Waals surface area contributed by atoms with Gasteiger partial charge in [0.25, 0.3) is 0 Å². The van der Waals surface area contributed by atoms with Gasteiger partial charge in [-0.3, -0.25) is 4.79 Å². The van der Waals surface area contributed by atoms with Crippen molar-refractivity contribution in [3.63, 3.8) is 0 Å². The molecule has 0 radical (unpaired) electrons. The highest BCUT2D eigenvalue weighted by Gasteiger charge is 1.99. The number of H-pyrrole nitrogens is 1. The molecule has 1 heterocycles. The zero-order valence-corrected chi connectivity index (χ0v) is 5.79. The Bertz CT molecular complexity index is 270. The van der Waals surface area contributed by atoms with E-state index in [9.17, 15) is 4.79 Å². The fraction of sp³-hybridized carbons (Fsp3) is 0.143. The SMILES string of the molecule is N#CCC(=O)Nc1ccc[nH]1. The van der Waals surface area contributed by atoms with Gasteiger partial charge in [0.1, 0.15) is 12.2 Å². The minimum Gasteiger partial charge on any atom is -0.348 e. The first-order chi connectivity index (χ1) is 5.33. The van der Waals surface area contributed by atoms with Crippen LogP contribution in [0.5, 0.6) is 0 Å². The summed E-state index contributed by atoms with van der Waals surface area (Å²) < 4.78 is 0. The number of nitrogens with one attached hydrogen (secondary N) is 2. The van der Waals surface area contributed by atoms with Crippen molar-refractivity contribution in [3.8, 4) is 6.07 Å². The van der Waals surface area contributed by atoms with E-state index in [0.717, 1.165) is 0 Å². The summed E-state index contributed by atoms with van der Waals surface area (Å²) in [6.07, 6.45) is 1.58. The van der Waals surface area contributed by atoms with Crippen LogP contribution in [0.4, 0.5) is 5.82 Å². The summed E-state index contributed by atoms with van der Waals surface area (Å²) in [5.41, 5.74) is 0. The fourth-order valence-electron chi connectivity index (χ4n) is 0.674. The lowest BCUT2D eigenvalue weighted by atomic mass is 10.4. The second-order valence-corrected chi connectivity index (χ2v) is 1.97. The van der Waals surface area contributed by atoms with Gasteiger partial charge in [-0.2, -0.15) is 5.26 Å². The van der Waals surface area contributed by atoms with Crippen LogP contribution in [-0.2, 0) is 4.79 Å². The summed E-state index contributed by atoms with van der Waals surface area (Å²) >= 11 is 0. The average Bonchev–Trinajstić information content (AvgIpc) is 2.40. The summed E-state index contributed by atoms with van der Waals surface area (Å²) in [5, 5.41) is 10.7. The first kappa shape index (κ1) is 7.35. The average molecular weight is 149 g/mol. The third-order valence-corrected chi connectivity index (χ3v) is 1.11. The van der Waals surface area contributed by atoms with E-state index in [1.54, 1.807) is 24.4 Å². The minimum atomic E-state index is -0.296. The van der Waals surface area contributed by atoms with E-state index in [-0.39, 0.29) is 12.3 Å². The minimum absolute atomic E-state index is 0.112. The number of anilines is 1. The molecule has 11 heavy (non-hydrogen) atoms. The Morgan fingerprint density at radius 1 is 1.82 bits per heavy atom. The number of amides is 1. The number of hydrogen-bond donors (Lipinski definition) is 2. The highest BCUT2D eigenvalue weighted by Crippen LogP contribution is 2.00. The molecule has 0 atom stereocenters. The lowest BCUT2D eigenvalue weighted by molar-refractivity contribution is -0.115. The molecule has 4 heteroatoms.